The van der Waals surface area contributed by atoms with E-state index >= 15 is 0 Å². The highest BCUT2D eigenvalue weighted by atomic mass is 15.3. The van der Waals surface area contributed by atoms with Crippen molar-refractivity contribution in [1.29, 1.82) is 0 Å². The van der Waals surface area contributed by atoms with Gasteiger partial charge in [0.05, 0.1) is 5.71 Å². The van der Waals surface area contributed by atoms with E-state index in [1.54, 1.807) is 0 Å². The van der Waals surface area contributed by atoms with Gasteiger partial charge in [0, 0.05) is 12.0 Å². The molecule has 0 atom stereocenters. The first-order valence-corrected chi connectivity index (χ1v) is 5.26. The van der Waals surface area contributed by atoms with Crippen LogP contribution in [0.1, 0.15) is 31.4 Å². The summed E-state index contributed by atoms with van der Waals surface area (Å²) in [6, 6.07) is 8.24. The second-order valence-electron chi connectivity index (χ2n) is 4.68. The van der Waals surface area contributed by atoms with Gasteiger partial charge in [-0.15, -0.1) is 5.10 Å². The number of fused-ring (bicyclic) bond motifs is 1. The third-order valence-electron chi connectivity index (χ3n) is 2.86. The zero-order valence-corrected chi connectivity index (χ0v) is 9.57. The molecule has 16 heavy (non-hydrogen) atoms. The van der Waals surface area contributed by atoms with Crippen LogP contribution < -0.4 is 11.5 Å². The Morgan fingerprint density at radius 1 is 1.25 bits per heavy atom. The van der Waals surface area contributed by atoms with Gasteiger partial charge >= 0.3 is 0 Å². The molecule has 1 aliphatic rings. The summed E-state index contributed by atoms with van der Waals surface area (Å²) in [4.78, 5) is 0. The lowest BCUT2D eigenvalue weighted by Crippen LogP contribution is -2.22. The predicted molar refractivity (Wildman–Crippen MR) is 66.4 cm³/mol. The largest absolute Gasteiger partial charge is 0.369 e. The van der Waals surface area contributed by atoms with Crippen LogP contribution in [0.4, 0.5) is 0 Å². The van der Waals surface area contributed by atoms with Crippen molar-refractivity contribution < 1.29 is 0 Å². The second kappa shape index (κ2) is 3.63. The maximum Gasteiger partial charge on any atom is 0.211 e. The van der Waals surface area contributed by atoms with Crippen LogP contribution in [-0.4, -0.2) is 11.7 Å². The summed E-state index contributed by atoms with van der Waals surface area (Å²) in [5.41, 5.74) is 14.1. The van der Waals surface area contributed by atoms with Crippen molar-refractivity contribution in [2.45, 2.75) is 25.7 Å². The van der Waals surface area contributed by atoms with Crippen LogP contribution in [0.5, 0.6) is 0 Å². The van der Waals surface area contributed by atoms with Crippen LogP contribution in [0.25, 0.3) is 0 Å². The number of rotatable bonds is 1. The molecule has 1 aliphatic carbocycles. The molecule has 0 amide bonds. The molecule has 0 spiro atoms. The molecule has 0 saturated heterocycles. The van der Waals surface area contributed by atoms with Crippen molar-refractivity contribution in [2.75, 3.05) is 0 Å². The molecule has 1 aromatic carbocycles. The minimum absolute atomic E-state index is 0.00492. The van der Waals surface area contributed by atoms with Crippen LogP contribution in [0.3, 0.4) is 0 Å². The van der Waals surface area contributed by atoms with E-state index < -0.39 is 0 Å². The fourth-order valence-electron chi connectivity index (χ4n) is 2.14. The maximum absolute atomic E-state index is 5.28. The van der Waals surface area contributed by atoms with Crippen molar-refractivity contribution in [2.24, 2.45) is 21.7 Å². The molecular weight excluding hydrogens is 200 g/mol. The van der Waals surface area contributed by atoms with E-state index in [2.05, 4.69) is 36.2 Å². The summed E-state index contributed by atoms with van der Waals surface area (Å²) in [7, 11) is 0. The summed E-state index contributed by atoms with van der Waals surface area (Å²) in [5.74, 6) is -0.00492. The third-order valence-corrected chi connectivity index (χ3v) is 2.86. The number of benzene rings is 1. The van der Waals surface area contributed by atoms with E-state index in [4.69, 9.17) is 11.5 Å². The summed E-state index contributed by atoms with van der Waals surface area (Å²) < 4.78 is 0. The molecule has 0 unspecified atom stereocenters. The van der Waals surface area contributed by atoms with Crippen LogP contribution in [0, 0.1) is 0 Å². The molecule has 0 aromatic heterocycles. The molecule has 0 bridgehead atoms. The Bertz CT molecular complexity index is 468. The zero-order chi connectivity index (χ0) is 11.8. The number of guanidine groups is 1. The average molecular weight is 216 g/mol. The Balaban J connectivity index is 2.49. The summed E-state index contributed by atoms with van der Waals surface area (Å²) in [6.45, 7) is 4.40. The van der Waals surface area contributed by atoms with Gasteiger partial charge in [0.2, 0.25) is 5.96 Å². The van der Waals surface area contributed by atoms with Crippen LogP contribution in [0.15, 0.2) is 34.5 Å². The number of hydrogen-bond acceptors (Lipinski definition) is 2. The van der Waals surface area contributed by atoms with E-state index in [1.165, 1.54) is 5.56 Å². The van der Waals surface area contributed by atoms with Crippen molar-refractivity contribution >= 4 is 11.7 Å². The molecule has 4 nitrogen and oxygen atoms in total. The van der Waals surface area contributed by atoms with Crippen LogP contribution in [0.2, 0.25) is 0 Å². The minimum Gasteiger partial charge on any atom is -0.369 e. The molecule has 84 valence electrons. The highest BCUT2D eigenvalue weighted by Gasteiger charge is 2.33. The first-order chi connectivity index (χ1) is 7.50. The Kier molecular flexibility index (Phi) is 2.42. The van der Waals surface area contributed by atoms with Crippen molar-refractivity contribution in [1.82, 2.24) is 0 Å². The molecule has 2 rings (SSSR count). The molecule has 0 heterocycles. The fourth-order valence-corrected chi connectivity index (χ4v) is 2.14. The molecule has 4 N–H and O–H groups in total. The predicted octanol–water partition coefficient (Wildman–Crippen LogP) is 1.35. The Morgan fingerprint density at radius 3 is 2.62 bits per heavy atom. The molecule has 0 radical (unpaired) electrons. The minimum atomic E-state index is -0.00492. The number of nitrogens with two attached hydrogens (primary N) is 2. The standard InChI is InChI=1S/C12H16N4/c1-12(2)7-10(15-16-11(13)14)8-5-3-4-6-9(8)12/h3-6H,7H2,1-2H3,(H4,13,14,16). The van der Waals surface area contributed by atoms with Gasteiger partial charge < -0.3 is 11.5 Å². The first-order valence-electron chi connectivity index (χ1n) is 5.26. The number of hydrogen-bond donors (Lipinski definition) is 2. The molecule has 0 fully saturated rings. The van der Waals surface area contributed by atoms with Gasteiger partial charge in [-0.1, -0.05) is 38.1 Å². The highest BCUT2D eigenvalue weighted by Crippen LogP contribution is 2.38. The van der Waals surface area contributed by atoms with E-state index in [1.807, 2.05) is 12.1 Å². The zero-order valence-electron chi connectivity index (χ0n) is 9.57. The molecular formula is C12H16N4. The van der Waals surface area contributed by atoms with Gasteiger partial charge in [0.15, 0.2) is 0 Å². The molecule has 0 aliphatic heterocycles. The van der Waals surface area contributed by atoms with Gasteiger partial charge in [-0.2, -0.15) is 5.10 Å². The quantitative estimate of drug-likeness (QED) is 0.422. The van der Waals surface area contributed by atoms with Crippen molar-refractivity contribution in [3.8, 4) is 0 Å². The molecule has 0 saturated carbocycles. The average Bonchev–Trinajstić information content (AvgIpc) is 2.49. The highest BCUT2D eigenvalue weighted by molar-refractivity contribution is 6.06. The van der Waals surface area contributed by atoms with E-state index in [0.29, 0.717) is 0 Å². The van der Waals surface area contributed by atoms with Crippen LogP contribution in [-0.2, 0) is 5.41 Å². The van der Waals surface area contributed by atoms with E-state index in [-0.39, 0.29) is 11.4 Å². The Labute approximate surface area is 95.1 Å². The van der Waals surface area contributed by atoms with Gasteiger partial charge in [-0.05, 0) is 11.0 Å². The van der Waals surface area contributed by atoms with Crippen molar-refractivity contribution in [3.63, 3.8) is 0 Å². The van der Waals surface area contributed by atoms with E-state index in [9.17, 15) is 0 Å². The topological polar surface area (TPSA) is 76.8 Å². The SMILES string of the molecule is CC1(C)CC(=NN=C(N)N)c2ccccc21. The maximum atomic E-state index is 5.28. The first kappa shape index (κ1) is 10.7. The Hall–Kier alpha value is -1.84. The lowest BCUT2D eigenvalue weighted by atomic mass is 9.87. The summed E-state index contributed by atoms with van der Waals surface area (Å²) in [6.07, 6.45) is 0.864. The lowest BCUT2D eigenvalue weighted by Gasteiger charge is -2.17. The van der Waals surface area contributed by atoms with Crippen molar-refractivity contribution in [3.05, 3.63) is 35.4 Å². The lowest BCUT2D eigenvalue weighted by molar-refractivity contribution is 0.567. The third kappa shape index (κ3) is 1.78. The molecule has 4 heteroatoms. The monoisotopic (exact) mass is 216 g/mol. The van der Waals surface area contributed by atoms with Gasteiger partial charge in [-0.3, -0.25) is 0 Å². The fraction of sp³-hybridized carbons (Fsp3) is 0.333. The Morgan fingerprint density at radius 2 is 1.94 bits per heavy atom. The number of nitrogens with zero attached hydrogens (tertiary/aromatic N) is 2. The second-order valence-corrected chi connectivity index (χ2v) is 4.68. The van der Waals surface area contributed by atoms with Gasteiger partial charge in [0.25, 0.3) is 0 Å². The molecule has 1 aromatic rings. The smallest absolute Gasteiger partial charge is 0.211 e. The normalized spacial score (nSPS) is 19.5. The van der Waals surface area contributed by atoms with Gasteiger partial charge in [-0.25, -0.2) is 0 Å². The van der Waals surface area contributed by atoms with Gasteiger partial charge in [0.1, 0.15) is 0 Å². The van der Waals surface area contributed by atoms with Crippen LogP contribution >= 0.6 is 0 Å². The van der Waals surface area contributed by atoms with E-state index in [0.717, 1.165) is 17.7 Å². The summed E-state index contributed by atoms with van der Waals surface area (Å²) >= 11 is 0. The summed E-state index contributed by atoms with van der Waals surface area (Å²) in [5, 5.41) is 7.85.